The lowest BCUT2D eigenvalue weighted by Crippen LogP contribution is -2.27. The van der Waals surface area contributed by atoms with Crippen LogP contribution in [0, 0.1) is 0 Å². The van der Waals surface area contributed by atoms with Gasteiger partial charge in [-0.2, -0.15) is 0 Å². The molecule has 3 aromatic rings. The van der Waals surface area contributed by atoms with Gasteiger partial charge < -0.3 is 14.9 Å². The topological polar surface area (TPSA) is 83.8 Å². The number of ether oxygens (including phenoxy) is 1. The van der Waals surface area contributed by atoms with Gasteiger partial charge >= 0.3 is 0 Å². The summed E-state index contributed by atoms with van der Waals surface area (Å²) in [5.41, 5.74) is 0.592. The van der Waals surface area contributed by atoms with Gasteiger partial charge in [0.2, 0.25) is 0 Å². The summed E-state index contributed by atoms with van der Waals surface area (Å²) in [6.45, 7) is -0.0976. The average molecular weight is 372 g/mol. The maximum atomic E-state index is 12.5. The second-order valence-corrected chi connectivity index (χ2v) is 8.23. The van der Waals surface area contributed by atoms with Crippen molar-refractivity contribution < 1.29 is 23.4 Å². The quantitative estimate of drug-likeness (QED) is 0.666. The highest BCUT2D eigenvalue weighted by molar-refractivity contribution is 7.90. The SMILES string of the molecule is O=S(=O)(Cc1cccc2c(O)cccc12)CC(O)COc1ccccc1. The van der Waals surface area contributed by atoms with E-state index in [0.717, 1.165) is 0 Å². The number of rotatable bonds is 7. The Balaban J connectivity index is 1.68. The number of phenols is 1. The van der Waals surface area contributed by atoms with E-state index in [9.17, 15) is 18.6 Å². The minimum Gasteiger partial charge on any atom is -0.507 e. The Bertz CT molecular complexity index is 984. The normalized spacial score (nSPS) is 12.8. The third-order valence-electron chi connectivity index (χ3n) is 4.00. The minimum atomic E-state index is -3.55. The number of hydrogen-bond acceptors (Lipinski definition) is 5. The molecule has 0 aromatic heterocycles. The van der Waals surface area contributed by atoms with E-state index in [1.807, 2.05) is 6.07 Å². The highest BCUT2D eigenvalue weighted by Crippen LogP contribution is 2.28. The summed E-state index contributed by atoms with van der Waals surface area (Å²) >= 11 is 0. The van der Waals surface area contributed by atoms with Crippen LogP contribution >= 0.6 is 0 Å². The number of hydrogen-bond donors (Lipinski definition) is 2. The lowest BCUT2D eigenvalue weighted by atomic mass is 10.1. The van der Waals surface area contributed by atoms with Crippen molar-refractivity contribution in [1.82, 2.24) is 0 Å². The summed E-state index contributed by atoms with van der Waals surface area (Å²) in [6, 6.07) is 19.1. The van der Waals surface area contributed by atoms with Gasteiger partial charge in [0.15, 0.2) is 9.84 Å². The van der Waals surface area contributed by atoms with E-state index < -0.39 is 21.7 Å². The number of phenolic OH excluding ortho intramolecular Hbond substituents is 1. The maximum Gasteiger partial charge on any atom is 0.157 e. The van der Waals surface area contributed by atoms with Crippen LogP contribution < -0.4 is 4.74 Å². The van der Waals surface area contributed by atoms with Crippen LogP contribution in [0.5, 0.6) is 11.5 Å². The molecule has 1 atom stereocenters. The molecule has 26 heavy (non-hydrogen) atoms. The average Bonchev–Trinajstić information content (AvgIpc) is 2.61. The Labute approximate surface area is 152 Å². The minimum absolute atomic E-state index is 0.0976. The molecule has 0 aliphatic heterocycles. The predicted molar refractivity (Wildman–Crippen MR) is 101 cm³/mol. The lowest BCUT2D eigenvalue weighted by Gasteiger charge is -2.14. The van der Waals surface area contributed by atoms with Gasteiger partial charge in [-0.1, -0.05) is 48.5 Å². The Morgan fingerprint density at radius 1 is 0.885 bits per heavy atom. The van der Waals surface area contributed by atoms with Crippen LogP contribution in [-0.2, 0) is 15.6 Å². The first-order valence-electron chi connectivity index (χ1n) is 8.20. The Kier molecular flexibility index (Phi) is 5.44. The molecule has 3 aromatic carbocycles. The molecule has 2 N–H and O–H groups in total. The molecule has 0 bridgehead atoms. The number of fused-ring (bicyclic) bond motifs is 1. The van der Waals surface area contributed by atoms with Gasteiger partial charge in [0, 0.05) is 5.39 Å². The number of aromatic hydroxyl groups is 1. The van der Waals surface area contributed by atoms with Gasteiger partial charge in [0.25, 0.3) is 0 Å². The van der Waals surface area contributed by atoms with Gasteiger partial charge in [-0.3, -0.25) is 0 Å². The van der Waals surface area contributed by atoms with Gasteiger partial charge in [0.05, 0.1) is 11.5 Å². The molecule has 0 radical (unpaired) electrons. The molecular weight excluding hydrogens is 352 g/mol. The van der Waals surface area contributed by atoms with Crippen molar-refractivity contribution in [3.05, 3.63) is 72.3 Å². The number of para-hydroxylation sites is 1. The third kappa shape index (κ3) is 4.53. The van der Waals surface area contributed by atoms with Crippen LogP contribution in [0.25, 0.3) is 10.8 Å². The van der Waals surface area contributed by atoms with E-state index in [2.05, 4.69) is 0 Å². The van der Waals surface area contributed by atoms with E-state index in [-0.39, 0.29) is 18.1 Å². The summed E-state index contributed by atoms with van der Waals surface area (Å²) in [6.07, 6.45) is -1.12. The van der Waals surface area contributed by atoms with Gasteiger partial charge in [0.1, 0.15) is 24.2 Å². The Morgan fingerprint density at radius 3 is 2.35 bits per heavy atom. The van der Waals surface area contributed by atoms with E-state index in [1.165, 1.54) is 0 Å². The molecule has 3 rings (SSSR count). The van der Waals surface area contributed by atoms with Crippen LogP contribution in [0.15, 0.2) is 66.7 Å². The zero-order valence-electron chi connectivity index (χ0n) is 14.1. The molecule has 0 saturated carbocycles. The monoisotopic (exact) mass is 372 g/mol. The molecule has 1 unspecified atom stereocenters. The van der Waals surface area contributed by atoms with Crippen LogP contribution in [0.2, 0.25) is 0 Å². The van der Waals surface area contributed by atoms with Crippen molar-refractivity contribution in [2.24, 2.45) is 0 Å². The summed E-state index contributed by atoms with van der Waals surface area (Å²) in [5.74, 6) is 0.0807. The highest BCUT2D eigenvalue weighted by Gasteiger charge is 2.20. The summed E-state index contributed by atoms with van der Waals surface area (Å²) in [5, 5.41) is 21.2. The molecule has 5 nitrogen and oxygen atoms in total. The van der Waals surface area contributed by atoms with Crippen LogP contribution in [0.3, 0.4) is 0 Å². The van der Waals surface area contributed by atoms with Crippen molar-refractivity contribution in [3.8, 4) is 11.5 Å². The molecule has 0 fully saturated rings. The lowest BCUT2D eigenvalue weighted by molar-refractivity contribution is 0.125. The fourth-order valence-corrected chi connectivity index (χ4v) is 4.36. The van der Waals surface area contributed by atoms with E-state index in [1.54, 1.807) is 60.7 Å². The summed E-state index contributed by atoms with van der Waals surface area (Å²) in [7, 11) is -3.55. The van der Waals surface area contributed by atoms with Crippen molar-refractivity contribution >= 4 is 20.6 Å². The standard InChI is InChI=1S/C20H20O5S/c21-16(12-25-17-7-2-1-3-8-17)14-26(23,24)13-15-6-4-10-19-18(15)9-5-11-20(19)22/h1-11,16,21-22H,12-14H2. The predicted octanol–water partition coefficient (Wildman–Crippen LogP) is 2.90. The van der Waals surface area contributed by atoms with Gasteiger partial charge in [-0.15, -0.1) is 0 Å². The fraction of sp³-hybridized carbons (Fsp3) is 0.200. The Hall–Kier alpha value is -2.57. The maximum absolute atomic E-state index is 12.5. The molecular formula is C20H20O5S. The molecule has 0 aliphatic carbocycles. The van der Waals surface area contributed by atoms with Gasteiger partial charge in [-0.25, -0.2) is 8.42 Å². The number of aliphatic hydroxyl groups excluding tert-OH is 1. The van der Waals surface area contributed by atoms with Crippen molar-refractivity contribution in [3.63, 3.8) is 0 Å². The van der Waals surface area contributed by atoms with Crippen molar-refractivity contribution in [2.45, 2.75) is 11.9 Å². The largest absolute Gasteiger partial charge is 0.507 e. The zero-order chi connectivity index (χ0) is 18.6. The van der Waals surface area contributed by atoms with Gasteiger partial charge in [-0.05, 0) is 29.1 Å². The summed E-state index contributed by atoms with van der Waals surface area (Å²) < 4.78 is 30.3. The molecule has 0 spiro atoms. The second-order valence-electron chi connectivity index (χ2n) is 6.12. The molecule has 6 heteroatoms. The van der Waals surface area contributed by atoms with E-state index >= 15 is 0 Å². The smallest absolute Gasteiger partial charge is 0.157 e. The second kappa shape index (κ2) is 7.76. The molecule has 0 saturated heterocycles. The van der Waals surface area contributed by atoms with Crippen molar-refractivity contribution in [1.29, 1.82) is 0 Å². The Morgan fingerprint density at radius 2 is 1.58 bits per heavy atom. The number of benzene rings is 3. The first-order chi connectivity index (χ1) is 12.4. The first-order valence-corrected chi connectivity index (χ1v) is 10.0. The first kappa shape index (κ1) is 18.2. The number of aliphatic hydroxyl groups is 1. The molecule has 136 valence electrons. The molecule has 0 aliphatic rings. The summed E-state index contributed by atoms with van der Waals surface area (Å²) in [4.78, 5) is 0. The van der Waals surface area contributed by atoms with E-state index in [0.29, 0.717) is 22.1 Å². The highest BCUT2D eigenvalue weighted by atomic mass is 32.2. The van der Waals surface area contributed by atoms with Crippen LogP contribution in [0.1, 0.15) is 5.56 Å². The van der Waals surface area contributed by atoms with Crippen molar-refractivity contribution in [2.75, 3.05) is 12.4 Å². The molecule has 0 amide bonds. The van der Waals surface area contributed by atoms with Crippen LogP contribution in [-0.4, -0.2) is 37.1 Å². The zero-order valence-corrected chi connectivity index (χ0v) is 14.9. The fourth-order valence-electron chi connectivity index (χ4n) is 2.83. The third-order valence-corrected chi connectivity index (χ3v) is 5.64. The van der Waals surface area contributed by atoms with Crippen LogP contribution in [0.4, 0.5) is 0 Å². The number of sulfone groups is 1. The molecule has 0 heterocycles. The van der Waals surface area contributed by atoms with E-state index in [4.69, 9.17) is 4.74 Å².